The average molecular weight is 159 g/mol. The average Bonchev–Trinajstić information content (AvgIpc) is 2.06. The summed E-state index contributed by atoms with van der Waals surface area (Å²) in [6.07, 6.45) is 3.94. The molecule has 0 spiro atoms. The SMILES string of the molecule is CCC1(CN)CCSCC1. The molecular formula is C8H17NS. The van der Waals surface area contributed by atoms with Crippen LogP contribution in [-0.2, 0) is 0 Å². The first kappa shape index (κ1) is 8.41. The molecule has 1 fully saturated rings. The number of thioether (sulfide) groups is 1. The molecule has 10 heavy (non-hydrogen) atoms. The van der Waals surface area contributed by atoms with Crippen molar-refractivity contribution < 1.29 is 0 Å². The predicted octanol–water partition coefficient (Wildman–Crippen LogP) is 1.87. The van der Waals surface area contributed by atoms with E-state index in [0.29, 0.717) is 5.41 Å². The lowest BCUT2D eigenvalue weighted by Gasteiger charge is -2.34. The first-order valence-corrected chi connectivity index (χ1v) is 5.26. The lowest BCUT2D eigenvalue weighted by molar-refractivity contribution is 0.261. The monoisotopic (exact) mass is 159 g/mol. The maximum atomic E-state index is 5.74. The van der Waals surface area contributed by atoms with Crippen molar-refractivity contribution in [2.75, 3.05) is 18.1 Å². The Balaban J connectivity index is 2.44. The second-order valence-electron chi connectivity index (χ2n) is 3.17. The summed E-state index contributed by atoms with van der Waals surface area (Å²) < 4.78 is 0. The van der Waals surface area contributed by atoms with Gasteiger partial charge in [0, 0.05) is 0 Å². The molecule has 1 aliphatic heterocycles. The highest BCUT2D eigenvalue weighted by molar-refractivity contribution is 7.99. The van der Waals surface area contributed by atoms with Crippen molar-refractivity contribution in [2.45, 2.75) is 26.2 Å². The van der Waals surface area contributed by atoms with Crippen LogP contribution >= 0.6 is 11.8 Å². The van der Waals surface area contributed by atoms with Gasteiger partial charge in [0.05, 0.1) is 0 Å². The van der Waals surface area contributed by atoms with Gasteiger partial charge < -0.3 is 5.73 Å². The number of hydrogen-bond acceptors (Lipinski definition) is 2. The fraction of sp³-hybridized carbons (Fsp3) is 1.00. The molecule has 60 valence electrons. The molecule has 2 heteroatoms. The van der Waals surface area contributed by atoms with E-state index in [1.165, 1.54) is 30.8 Å². The molecule has 0 aliphatic carbocycles. The summed E-state index contributed by atoms with van der Waals surface area (Å²) in [7, 11) is 0. The van der Waals surface area contributed by atoms with Crippen molar-refractivity contribution in [3.63, 3.8) is 0 Å². The Morgan fingerprint density at radius 2 is 2.00 bits per heavy atom. The van der Waals surface area contributed by atoms with Gasteiger partial charge in [0.15, 0.2) is 0 Å². The predicted molar refractivity (Wildman–Crippen MR) is 48.3 cm³/mol. The highest BCUT2D eigenvalue weighted by Gasteiger charge is 2.28. The van der Waals surface area contributed by atoms with Gasteiger partial charge >= 0.3 is 0 Å². The van der Waals surface area contributed by atoms with Gasteiger partial charge in [0.1, 0.15) is 0 Å². The Bertz CT molecular complexity index is 91.4. The molecule has 0 amide bonds. The third-order valence-corrected chi connectivity index (χ3v) is 3.72. The van der Waals surface area contributed by atoms with Crippen molar-refractivity contribution in [1.29, 1.82) is 0 Å². The van der Waals surface area contributed by atoms with Crippen molar-refractivity contribution in [1.82, 2.24) is 0 Å². The Morgan fingerprint density at radius 3 is 2.30 bits per heavy atom. The maximum absolute atomic E-state index is 5.74. The molecule has 0 unspecified atom stereocenters. The minimum Gasteiger partial charge on any atom is -0.330 e. The minimum absolute atomic E-state index is 0.519. The summed E-state index contributed by atoms with van der Waals surface area (Å²) >= 11 is 2.07. The Labute approximate surface area is 67.8 Å². The topological polar surface area (TPSA) is 26.0 Å². The maximum Gasteiger partial charge on any atom is -0.00200 e. The molecule has 2 N–H and O–H groups in total. The molecule has 1 aliphatic rings. The van der Waals surface area contributed by atoms with Crippen LogP contribution in [0.5, 0.6) is 0 Å². The highest BCUT2D eigenvalue weighted by Crippen LogP contribution is 2.36. The molecule has 0 bridgehead atoms. The molecule has 0 aromatic rings. The van der Waals surface area contributed by atoms with E-state index in [0.717, 1.165) is 6.54 Å². The van der Waals surface area contributed by atoms with E-state index in [4.69, 9.17) is 5.73 Å². The fourth-order valence-corrected chi connectivity index (χ4v) is 2.87. The number of nitrogens with two attached hydrogens (primary N) is 1. The summed E-state index contributed by atoms with van der Waals surface area (Å²) in [5, 5.41) is 0. The first-order valence-electron chi connectivity index (χ1n) is 4.11. The van der Waals surface area contributed by atoms with E-state index in [9.17, 15) is 0 Å². The van der Waals surface area contributed by atoms with Gasteiger partial charge in [0.2, 0.25) is 0 Å². The second-order valence-corrected chi connectivity index (χ2v) is 4.39. The Morgan fingerprint density at radius 1 is 1.40 bits per heavy atom. The summed E-state index contributed by atoms with van der Waals surface area (Å²) in [6, 6.07) is 0. The fourth-order valence-electron chi connectivity index (χ4n) is 1.51. The number of hydrogen-bond donors (Lipinski definition) is 1. The van der Waals surface area contributed by atoms with Crippen LogP contribution in [0.3, 0.4) is 0 Å². The molecule has 1 heterocycles. The summed E-state index contributed by atoms with van der Waals surface area (Å²) in [5.41, 5.74) is 6.26. The quantitative estimate of drug-likeness (QED) is 0.665. The van der Waals surface area contributed by atoms with E-state index in [1.807, 2.05) is 0 Å². The van der Waals surface area contributed by atoms with Crippen molar-refractivity contribution in [3.8, 4) is 0 Å². The van der Waals surface area contributed by atoms with Crippen LogP contribution in [0.1, 0.15) is 26.2 Å². The standard InChI is InChI=1S/C8H17NS/c1-2-8(7-9)3-5-10-6-4-8/h2-7,9H2,1H3. The van der Waals surface area contributed by atoms with Gasteiger partial charge in [-0.3, -0.25) is 0 Å². The zero-order chi connectivity index (χ0) is 7.45. The van der Waals surface area contributed by atoms with E-state index in [1.54, 1.807) is 0 Å². The van der Waals surface area contributed by atoms with Crippen LogP contribution in [0.25, 0.3) is 0 Å². The normalized spacial score (nSPS) is 24.6. The van der Waals surface area contributed by atoms with Crippen LogP contribution in [0.15, 0.2) is 0 Å². The van der Waals surface area contributed by atoms with Crippen LogP contribution in [0.2, 0.25) is 0 Å². The molecule has 0 atom stereocenters. The molecule has 1 rings (SSSR count). The summed E-state index contributed by atoms with van der Waals surface area (Å²) in [6.45, 7) is 3.16. The molecule has 0 aromatic carbocycles. The first-order chi connectivity index (χ1) is 4.83. The minimum atomic E-state index is 0.519. The van der Waals surface area contributed by atoms with Gasteiger partial charge in [-0.05, 0) is 42.7 Å². The molecule has 1 nitrogen and oxygen atoms in total. The van der Waals surface area contributed by atoms with Crippen LogP contribution in [-0.4, -0.2) is 18.1 Å². The Hall–Kier alpha value is 0.310. The van der Waals surface area contributed by atoms with Gasteiger partial charge in [0.25, 0.3) is 0 Å². The zero-order valence-corrected chi connectivity index (χ0v) is 7.54. The van der Waals surface area contributed by atoms with E-state index >= 15 is 0 Å². The van der Waals surface area contributed by atoms with Crippen molar-refractivity contribution in [2.24, 2.45) is 11.1 Å². The van der Waals surface area contributed by atoms with E-state index in [2.05, 4.69) is 18.7 Å². The molecule has 0 radical (unpaired) electrons. The van der Waals surface area contributed by atoms with Crippen molar-refractivity contribution >= 4 is 11.8 Å². The zero-order valence-electron chi connectivity index (χ0n) is 6.73. The van der Waals surface area contributed by atoms with Gasteiger partial charge in [-0.1, -0.05) is 6.92 Å². The molecule has 0 aromatic heterocycles. The second kappa shape index (κ2) is 3.63. The van der Waals surface area contributed by atoms with Crippen LogP contribution < -0.4 is 5.73 Å². The van der Waals surface area contributed by atoms with Gasteiger partial charge in [-0.25, -0.2) is 0 Å². The van der Waals surface area contributed by atoms with Crippen LogP contribution in [0, 0.1) is 5.41 Å². The number of rotatable bonds is 2. The largest absolute Gasteiger partial charge is 0.330 e. The van der Waals surface area contributed by atoms with Crippen molar-refractivity contribution in [3.05, 3.63) is 0 Å². The third kappa shape index (κ3) is 1.67. The lowest BCUT2D eigenvalue weighted by Crippen LogP contribution is -2.33. The van der Waals surface area contributed by atoms with E-state index < -0.39 is 0 Å². The van der Waals surface area contributed by atoms with E-state index in [-0.39, 0.29) is 0 Å². The molecular weight excluding hydrogens is 142 g/mol. The van der Waals surface area contributed by atoms with Gasteiger partial charge in [-0.15, -0.1) is 0 Å². The molecule has 1 saturated heterocycles. The smallest absolute Gasteiger partial charge is 0.00200 e. The lowest BCUT2D eigenvalue weighted by atomic mass is 9.80. The Kier molecular flexibility index (Phi) is 3.05. The summed E-state index contributed by atoms with van der Waals surface area (Å²) in [5.74, 6) is 2.65. The van der Waals surface area contributed by atoms with Crippen LogP contribution in [0.4, 0.5) is 0 Å². The molecule has 0 saturated carbocycles. The van der Waals surface area contributed by atoms with Gasteiger partial charge in [-0.2, -0.15) is 11.8 Å². The highest BCUT2D eigenvalue weighted by atomic mass is 32.2. The third-order valence-electron chi connectivity index (χ3n) is 2.74. The summed E-state index contributed by atoms with van der Waals surface area (Å²) in [4.78, 5) is 0.